The number of amides is 1. The Balaban J connectivity index is 2.16. The lowest BCUT2D eigenvalue weighted by atomic mass is 10.2. The Hall–Kier alpha value is -1.60. The quantitative estimate of drug-likeness (QED) is 0.574. The van der Waals surface area contributed by atoms with Crippen LogP contribution in [0.2, 0.25) is 0 Å². The third-order valence-corrected chi connectivity index (χ3v) is 2.53. The minimum Gasteiger partial charge on any atom is -0.394 e. The molecule has 1 aliphatic rings. The number of morpholine rings is 1. The molecule has 1 unspecified atom stereocenters. The molecule has 1 saturated heterocycles. The van der Waals surface area contributed by atoms with Crippen LogP contribution in [0.4, 0.5) is 0 Å². The Morgan fingerprint density at radius 3 is 3.12 bits per heavy atom. The fourth-order valence-electron chi connectivity index (χ4n) is 1.68. The largest absolute Gasteiger partial charge is 0.394 e. The summed E-state index contributed by atoms with van der Waals surface area (Å²) in [6.07, 6.45) is 1.33. The van der Waals surface area contributed by atoms with Gasteiger partial charge in [0.2, 0.25) is 0 Å². The van der Waals surface area contributed by atoms with Crippen LogP contribution in [0.25, 0.3) is 0 Å². The van der Waals surface area contributed by atoms with Crippen molar-refractivity contribution in [3.05, 3.63) is 22.4 Å². The SMILES string of the molecule is O=C(c1c[nH]c(=O)[nH]1)N1CCOCC1CO. The van der Waals surface area contributed by atoms with E-state index in [0.29, 0.717) is 19.8 Å². The zero-order valence-corrected chi connectivity index (χ0v) is 8.60. The smallest absolute Gasteiger partial charge is 0.323 e. The van der Waals surface area contributed by atoms with Crippen molar-refractivity contribution in [3.8, 4) is 0 Å². The first-order valence-electron chi connectivity index (χ1n) is 4.99. The van der Waals surface area contributed by atoms with E-state index in [1.807, 2.05) is 0 Å². The molecule has 16 heavy (non-hydrogen) atoms. The fourth-order valence-corrected chi connectivity index (χ4v) is 1.68. The van der Waals surface area contributed by atoms with E-state index in [1.165, 1.54) is 11.1 Å². The molecule has 1 atom stereocenters. The highest BCUT2D eigenvalue weighted by molar-refractivity contribution is 5.92. The molecule has 88 valence electrons. The Labute approximate surface area is 91.0 Å². The molecular formula is C9H13N3O4. The summed E-state index contributed by atoms with van der Waals surface area (Å²) in [5.41, 5.74) is -0.220. The lowest BCUT2D eigenvalue weighted by molar-refractivity contribution is -0.0186. The Kier molecular flexibility index (Phi) is 3.07. The van der Waals surface area contributed by atoms with Crippen LogP contribution >= 0.6 is 0 Å². The first-order valence-corrected chi connectivity index (χ1v) is 4.99. The number of nitrogens with one attached hydrogen (secondary N) is 2. The molecule has 0 saturated carbocycles. The van der Waals surface area contributed by atoms with Gasteiger partial charge in [-0.1, -0.05) is 0 Å². The van der Waals surface area contributed by atoms with E-state index in [2.05, 4.69) is 9.97 Å². The highest BCUT2D eigenvalue weighted by Gasteiger charge is 2.28. The second kappa shape index (κ2) is 4.50. The number of rotatable bonds is 2. The number of carbonyl (C=O) groups excluding carboxylic acids is 1. The molecule has 1 aromatic rings. The van der Waals surface area contributed by atoms with Gasteiger partial charge in [0.1, 0.15) is 5.69 Å². The van der Waals surface area contributed by atoms with E-state index >= 15 is 0 Å². The van der Waals surface area contributed by atoms with Crippen molar-refractivity contribution in [1.82, 2.24) is 14.9 Å². The van der Waals surface area contributed by atoms with Crippen LogP contribution in [-0.4, -0.2) is 58.3 Å². The summed E-state index contributed by atoms with van der Waals surface area (Å²) in [5, 5.41) is 9.11. The summed E-state index contributed by atoms with van der Waals surface area (Å²) in [6, 6.07) is -0.348. The van der Waals surface area contributed by atoms with Gasteiger partial charge in [-0.3, -0.25) is 4.79 Å². The summed E-state index contributed by atoms with van der Waals surface area (Å²) in [4.78, 5) is 29.1. The normalized spacial score (nSPS) is 21.1. The van der Waals surface area contributed by atoms with Gasteiger partial charge in [0.15, 0.2) is 0 Å². The third-order valence-electron chi connectivity index (χ3n) is 2.53. The second-order valence-electron chi connectivity index (χ2n) is 3.57. The zero-order valence-electron chi connectivity index (χ0n) is 8.60. The van der Waals surface area contributed by atoms with Gasteiger partial charge in [-0.2, -0.15) is 0 Å². The van der Waals surface area contributed by atoms with Gasteiger partial charge in [-0.15, -0.1) is 0 Å². The number of hydrogen-bond acceptors (Lipinski definition) is 4. The number of aromatic nitrogens is 2. The molecule has 0 spiro atoms. The number of ether oxygens (including phenoxy) is 1. The van der Waals surface area contributed by atoms with Crippen molar-refractivity contribution >= 4 is 5.91 Å². The van der Waals surface area contributed by atoms with Gasteiger partial charge in [0.05, 0.1) is 25.9 Å². The fraction of sp³-hybridized carbons (Fsp3) is 0.556. The standard InChI is InChI=1S/C9H13N3O4/c13-4-6-5-16-2-1-12(6)8(14)7-3-10-9(15)11-7/h3,6,13H,1-2,4-5H2,(H2,10,11,15). The monoisotopic (exact) mass is 227 g/mol. The predicted octanol–water partition coefficient (Wildman–Crippen LogP) is -1.46. The van der Waals surface area contributed by atoms with Gasteiger partial charge in [0, 0.05) is 12.7 Å². The van der Waals surface area contributed by atoms with Crippen molar-refractivity contribution in [1.29, 1.82) is 0 Å². The molecule has 0 aliphatic carbocycles. The number of nitrogens with zero attached hydrogens (tertiary/aromatic N) is 1. The highest BCUT2D eigenvalue weighted by atomic mass is 16.5. The van der Waals surface area contributed by atoms with Crippen molar-refractivity contribution in [2.24, 2.45) is 0 Å². The molecule has 0 radical (unpaired) electrons. The molecule has 3 N–H and O–H groups in total. The van der Waals surface area contributed by atoms with E-state index in [4.69, 9.17) is 9.84 Å². The number of aliphatic hydroxyl groups is 1. The number of aliphatic hydroxyl groups excluding tert-OH is 1. The molecule has 7 nitrogen and oxygen atoms in total. The molecule has 2 heterocycles. The first-order chi connectivity index (χ1) is 7.72. The Bertz CT molecular complexity index is 424. The van der Waals surface area contributed by atoms with E-state index in [9.17, 15) is 9.59 Å². The number of imidazole rings is 1. The first kappa shape index (κ1) is 10.9. The Morgan fingerprint density at radius 2 is 2.50 bits per heavy atom. The summed E-state index contributed by atoms with van der Waals surface area (Å²) in [6.45, 7) is 1.02. The van der Waals surface area contributed by atoms with Crippen LogP contribution in [0, 0.1) is 0 Å². The van der Waals surface area contributed by atoms with Crippen molar-refractivity contribution in [2.45, 2.75) is 6.04 Å². The van der Waals surface area contributed by atoms with Crippen LogP contribution in [0.1, 0.15) is 10.5 Å². The van der Waals surface area contributed by atoms with Crippen LogP contribution in [0.5, 0.6) is 0 Å². The average molecular weight is 227 g/mol. The van der Waals surface area contributed by atoms with Crippen LogP contribution in [0.3, 0.4) is 0 Å². The van der Waals surface area contributed by atoms with Crippen molar-refractivity contribution < 1.29 is 14.6 Å². The Morgan fingerprint density at radius 1 is 1.69 bits per heavy atom. The van der Waals surface area contributed by atoms with E-state index < -0.39 is 5.69 Å². The second-order valence-corrected chi connectivity index (χ2v) is 3.57. The van der Waals surface area contributed by atoms with Gasteiger partial charge in [-0.25, -0.2) is 4.79 Å². The van der Waals surface area contributed by atoms with Gasteiger partial charge in [-0.05, 0) is 0 Å². The molecular weight excluding hydrogens is 214 g/mol. The minimum atomic E-state index is -0.419. The maximum Gasteiger partial charge on any atom is 0.323 e. The topological polar surface area (TPSA) is 98.4 Å². The molecule has 1 aromatic heterocycles. The average Bonchev–Trinajstić information content (AvgIpc) is 2.75. The highest BCUT2D eigenvalue weighted by Crippen LogP contribution is 2.09. The van der Waals surface area contributed by atoms with Gasteiger partial charge < -0.3 is 24.7 Å². The summed E-state index contributed by atoms with van der Waals surface area (Å²) in [5.74, 6) is -0.305. The maximum absolute atomic E-state index is 12.0. The molecule has 0 bridgehead atoms. The number of H-pyrrole nitrogens is 2. The number of hydrogen-bond donors (Lipinski definition) is 3. The van der Waals surface area contributed by atoms with Crippen LogP contribution < -0.4 is 5.69 Å². The van der Waals surface area contributed by atoms with E-state index in [0.717, 1.165) is 0 Å². The van der Waals surface area contributed by atoms with E-state index in [-0.39, 0.29) is 24.2 Å². The molecule has 1 fully saturated rings. The third kappa shape index (κ3) is 2.00. The molecule has 1 amide bonds. The predicted molar refractivity (Wildman–Crippen MR) is 54.1 cm³/mol. The lowest BCUT2D eigenvalue weighted by Crippen LogP contribution is -2.50. The number of aromatic amines is 2. The summed E-state index contributed by atoms with van der Waals surface area (Å²) in [7, 11) is 0. The molecule has 0 aromatic carbocycles. The van der Waals surface area contributed by atoms with E-state index in [1.54, 1.807) is 0 Å². The van der Waals surface area contributed by atoms with Gasteiger partial charge in [0.25, 0.3) is 5.91 Å². The molecule has 2 rings (SSSR count). The lowest BCUT2D eigenvalue weighted by Gasteiger charge is -2.34. The van der Waals surface area contributed by atoms with Crippen LogP contribution in [0.15, 0.2) is 11.0 Å². The van der Waals surface area contributed by atoms with Gasteiger partial charge >= 0.3 is 5.69 Å². The van der Waals surface area contributed by atoms with Crippen molar-refractivity contribution in [3.63, 3.8) is 0 Å². The molecule has 1 aliphatic heterocycles. The molecule has 7 heteroatoms. The summed E-state index contributed by atoms with van der Waals surface area (Å²) >= 11 is 0. The minimum absolute atomic E-state index is 0.152. The zero-order chi connectivity index (χ0) is 11.5. The summed E-state index contributed by atoms with van der Waals surface area (Å²) < 4.78 is 5.16. The number of carbonyl (C=O) groups is 1. The van der Waals surface area contributed by atoms with Crippen LogP contribution in [-0.2, 0) is 4.74 Å². The maximum atomic E-state index is 12.0. The van der Waals surface area contributed by atoms with Crippen molar-refractivity contribution in [2.75, 3.05) is 26.4 Å².